The van der Waals surface area contributed by atoms with E-state index in [1.807, 2.05) is 38.1 Å². The van der Waals surface area contributed by atoms with Gasteiger partial charge in [0.2, 0.25) is 0 Å². The molecule has 0 saturated heterocycles. The van der Waals surface area contributed by atoms with Crippen LogP contribution in [0.15, 0.2) is 48.5 Å². The molecular weight excluding hydrogens is 272 g/mol. The van der Waals surface area contributed by atoms with Crippen molar-refractivity contribution in [1.82, 2.24) is 9.97 Å². The van der Waals surface area contributed by atoms with Gasteiger partial charge in [0.25, 0.3) is 0 Å². The van der Waals surface area contributed by atoms with Gasteiger partial charge in [-0.25, -0.2) is 9.97 Å². The van der Waals surface area contributed by atoms with Crippen molar-refractivity contribution in [2.75, 3.05) is 0 Å². The zero-order valence-corrected chi connectivity index (χ0v) is 12.8. The zero-order chi connectivity index (χ0) is 15.5. The number of Topliss-reactive ketones (excluding diaryl/α,β-unsaturated/α-hetero) is 1. The van der Waals surface area contributed by atoms with E-state index in [0.717, 1.165) is 22.3 Å². The number of benzene rings is 2. The number of carbonyl (C=O) groups is 1. The largest absolute Gasteiger partial charge is 0.299 e. The van der Waals surface area contributed by atoms with Crippen LogP contribution >= 0.6 is 0 Å². The molecule has 22 heavy (non-hydrogen) atoms. The van der Waals surface area contributed by atoms with Crippen LogP contribution < -0.4 is 0 Å². The molecule has 0 spiro atoms. The minimum Gasteiger partial charge on any atom is -0.299 e. The third kappa shape index (κ3) is 3.37. The molecule has 0 bridgehead atoms. The van der Waals surface area contributed by atoms with Crippen LogP contribution in [0.3, 0.4) is 0 Å². The molecule has 0 radical (unpaired) electrons. The fourth-order valence-corrected chi connectivity index (χ4v) is 2.69. The number of nitrogens with zero attached hydrogens (tertiary/aromatic N) is 2. The molecule has 3 aromatic rings. The number of hydrogen-bond donors (Lipinski definition) is 0. The summed E-state index contributed by atoms with van der Waals surface area (Å²) in [5.74, 6) is 0.753. The van der Waals surface area contributed by atoms with Gasteiger partial charge in [0, 0.05) is 17.8 Å². The lowest BCUT2D eigenvalue weighted by molar-refractivity contribution is -0.117. The Morgan fingerprint density at radius 3 is 2.27 bits per heavy atom. The van der Waals surface area contributed by atoms with E-state index in [2.05, 4.69) is 34.2 Å². The molecule has 0 aliphatic carbocycles. The Bertz CT molecular complexity index is 819. The van der Waals surface area contributed by atoms with Crippen LogP contribution in [0, 0.1) is 13.8 Å². The summed E-state index contributed by atoms with van der Waals surface area (Å²) in [6.07, 6.45) is 0.705. The van der Waals surface area contributed by atoms with Crippen LogP contribution in [-0.4, -0.2) is 15.8 Å². The Labute approximate surface area is 130 Å². The summed E-state index contributed by atoms with van der Waals surface area (Å²) in [5.41, 5.74) is 2.84. The van der Waals surface area contributed by atoms with Crippen LogP contribution in [0.5, 0.6) is 0 Å². The van der Waals surface area contributed by atoms with Gasteiger partial charge in [0.1, 0.15) is 11.6 Å². The van der Waals surface area contributed by atoms with E-state index < -0.39 is 0 Å². The monoisotopic (exact) mass is 290 g/mol. The second-order valence-corrected chi connectivity index (χ2v) is 5.64. The molecule has 0 saturated carbocycles. The first-order valence-electron chi connectivity index (χ1n) is 7.41. The lowest BCUT2D eigenvalue weighted by Gasteiger charge is -2.05. The topological polar surface area (TPSA) is 42.9 Å². The molecule has 0 atom stereocenters. The van der Waals surface area contributed by atoms with E-state index in [4.69, 9.17) is 0 Å². The van der Waals surface area contributed by atoms with Crippen molar-refractivity contribution in [3.8, 4) is 0 Å². The third-order valence-corrected chi connectivity index (χ3v) is 3.60. The van der Waals surface area contributed by atoms with Crippen molar-refractivity contribution in [3.05, 3.63) is 71.3 Å². The van der Waals surface area contributed by atoms with E-state index in [-0.39, 0.29) is 12.2 Å². The summed E-state index contributed by atoms with van der Waals surface area (Å²) < 4.78 is 0. The van der Waals surface area contributed by atoms with Crippen LogP contribution in [0.25, 0.3) is 10.8 Å². The number of carbonyl (C=O) groups excluding carboxylic acids is 1. The van der Waals surface area contributed by atoms with Gasteiger partial charge in [-0.1, -0.05) is 42.5 Å². The van der Waals surface area contributed by atoms with Crippen LogP contribution in [-0.2, 0) is 17.6 Å². The van der Waals surface area contributed by atoms with Crippen molar-refractivity contribution >= 4 is 16.6 Å². The summed E-state index contributed by atoms with van der Waals surface area (Å²) in [4.78, 5) is 20.9. The highest BCUT2D eigenvalue weighted by Crippen LogP contribution is 2.16. The summed E-state index contributed by atoms with van der Waals surface area (Å²) >= 11 is 0. The second kappa shape index (κ2) is 6.06. The van der Waals surface area contributed by atoms with Gasteiger partial charge in [-0.3, -0.25) is 4.79 Å². The number of ketones is 1. The Hall–Kier alpha value is -2.55. The second-order valence-electron chi connectivity index (χ2n) is 5.64. The quantitative estimate of drug-likeness (QED) is 0.737. The number of rotatable bonds is 4. The van der Waals surface area contributed by atoms with E-state index >= 15 is 0 Å². The highest BCUT2D eigenvalue weighted by molar-refractivity contribution is 5.86. The Morgan fingerprint density at radius 1 is 0.864 bits per heavy atom. The maximum absolute atomic E-state index is 12.3. The Morgan fingerprint density at radius 2 is 1.55 bits per heavy atom. The van der Waals surface area contributed by atoms with Crippen molar-refractivity contribution < 1.29 is 4.79 Å². The van der Waals surface area contributed by atoms with Crippen LogP contribution in [0.4, 0.5) is 0 Å². The SMILES string of the molecule is Cc1cc(C)nc(CC(=O)Cc2ccc3ccccc3c2)n1. The molecule has 0 aliphatic heterocycles. The Balaban J connectivity index is 1.75. The normalized spacial score (nSPS) is 10.8. The minimum absolute atomic E-state index is 0.139. The number of aryl methyl sites for hydroxylation is 2. The molecule has 1 heterocycles. The fraction of sp³-hybridized carbons (Fsp3) is 0.211. The van der Waals surface area contributed by atoms with E-state index in [1.165, 1.54) is 5.39 Å². The maximum Gasteiger partial charge on any atom is 0.144 e. The number of hydrogen-bond acceptors (Lipinski definition) is 3. The van der Waals surface area contributed by atoms with Gasteiger partial charge < -0.3 is 0 Å². The van der Waals surface area contributed by atoms with Gasteiger partial charge in [-0.15, -0.1) is 0 Å². The predicted octanol–water partition coefficient (Wildman–Crippen LogP) is 3.60. The molecule has 110 valence electrons. The summed E-state index contributed by atoms with van der Waals surface area (Å²) in [6, 6.07) is 16.2. The van der Waals surface area contributed by atoms with Crippen molar-refractivity contribution in [2.45, 2.75) is 26.7 Å². The molecular formula is C19H18N2O. The molecule has 2 aromatic carbocycles. The lowest BCUT2D eigenvalue weighted by atomic mass is 10.0. The van der Waals surface area contributed by atoms with E-state index in [0.29, 0.717) is 12.2 Å². The molecule has 0 N–H and O–H groups in total. The summed E-state index contributed by atoms with van der Waals surface area (Å²) in [7, 11) is 0. The summed E-state index contributed by atoms with van der Waals surface area (Å²) in [6.45, 7) is 3.85. The molecule has 3 heteroatoms. The molecule has 0 aliphatic rings. The molecule has 1 aromatic heterocycles. The van der Waals surface area contributed by atoms with Gasteiger partial charge in [-0.2, -0.15) is 0 Å². The first kappa shape index (κ1) is 14.4. The van der Waals surface area contributed by atoms with Gasteiger partial charge in [0.15, 0.2) is 0 Å². The van der Waals surface area contributed by atoms with E-state index in [1.54, 1.807) is 0 Å². The van der Waals surface area contributed by atoms with Crippen molar-refractivity contribution in [1.29, 1.82) is 0 Å². The number of fused-ring (bicyclic) bond motifs is 1. The van der Waals surface area contributed by atoms with Gasteiger partial charge >= 0.3 is 0 Å². The molecule has 3 rings (SSSR count). The molecule has 0 amide bonds. The Kier molecular flexibility index (Phi) is 3.96. The molecule has 3 nitrogen and oxygen atoms in total. The molecule has 0 fully saturated rings. The lowest BCUT2D eigenvalue weighted by Crippen LogP contribution is -2.10. The predicted molar refractivity (Wildman–Crippen MR) is 87.9 cm³/mol. The van der Waals surface area contributed by atoms with Crippen molar-refractivity contribution in [2.24, 2.45) is 0 Å². The minimum atomic E-state index is 0.139. The first-order valence-corrected chi connectivity index (χ1v) is 7.41. The smallest absolute Gasteiger partial charge is 0.144 e. The van der Waals surface area contributed by atoms with Gasteiger partial charge in [0.05, 0.1) is 6.42 Å². The maximum atomic E-state index is 12.3. The first-order chi connectivity index (χ1) is 10.6. The van der Waals surface area contributed by atoms with Gasteiger partial charge in [-0.05, 0) is 36.2 Å². The third-order valence-electron chi connectivity index (χ3n) is 3.60. The zero-order valence-electron chi connectivity index (χ0n) is 12.8. The average Bonchev–Trinajstić information content (AvgIpc) is 2.45. The van der Waals surface area contributed by atoms with Crippen LogP contribution in [0.2, 0.25) is 0 Å². The standard InChI is InChI=1S/C19H18N2O/c1-13-9-14(2)21-19(20-13)12-18(22)11-15-7-8-16-5-3-4-6-17(16)10-15/h3-10H,11-12H2,1-2H3. The highest BCUT2D eigenvalue weighted by Gasteiger charge is 2.09. The van der Waals surface area contributed by atoms with E-state index in [9.17, 15) is 4.79 Å². The number of aromatic nitrogens is 2. The highest BCUT2D eigenvalue weighted by atomic mass is 16.1. The average molecular weight is 290 g/mol. The van der Waals surface area contributed by atoms with Crippen molar-refractivity contribution in [3.63, 3.8) is 0 Å². The summed E-state index contributed by atoms with van der Waals surface area (Å²) in [5, 5.41) is 2.35. The molecule has 0 unspecified atom stereocenters. The van der Waals surface area contributed by atoms with Crippen LogP contribution in [0.1, 0.15) is 22.8 Å². The fourth-order valence-electron chi connectivity index (χ4n) is 2.69.